The van der Waals surface area contributed by atoms with Gasteiger partial charge in [-0.25, -0.2) is 0 Å². The smallest absolute Gasteiger partial charge is 0.175 e. The van der Waals surface area contributed by atoms with E-state index in [4.69, 9.17) is 0 Å². The molecular weight excluding hydrogens is 330 g/mol. The van der Waals surface area contributed by atoms with Gasteiger partial charge in [-0.1, -0.05) is 41.9 Å². The highest BCUT2D eigenvalue weighted by Crippen LogP contribution is 2.16. The first-order valence-corrected chi connectivity index (χ1v) is 8.03. The van der Waals surface area contributed by atoms with Crippen molar-refractivity contribution in [3.05, 3.63) is 40.1 Å². The van der Waals surface area contributed by atoms with Crippen molar-refractivity contribution in [2.75, 3.05) is 6.54 Å². The van der Waals surface area contributed by atoms with Gasteiger partial charge in [-0.2, -0.15) is 4.80 Å². The Morgan fingerprint density at radius 1 is 1.19 bits per heavy atom. The summed E-state index contributed by atoms with van der Waals surface area (Å²) in [6, 6.07) is 8.98. The third kappa shape index (κ3) is 5.55. The molecule has 5 nitrogen and oxygen atoms in total. The van der Waals surface area contributed by atoms with Crippen molar-refractivity contribution in [2.45, 2.75) is 32.7 Å². The van der Waals surface area contributed by atoms with Crippen LogP contribution in [0.2, 0.25) is 0 Å². The number of aryl methyl sites for hydroxylation is 1. The van der Waals surface area contributed by atoms with E-state index in [0.717, 1.165) is 29.7 Å². The molecule has 1 unspecified atom stereocenters. The van der Waals surface area contributed by atoms with Crippen LogP contribution in [0.3, 0.4) is 0 Å². The molecule has 1 atom stereocenters. The predicted molar refractivity (Wildman–Crippen MR) is 87.0 cm³/mol. The zero-order chi connectivity index (χ0) is 15.2. The fourth-order valence-electron chi connectivity index (χ4n) is 2.24. The molecule has 1 N–H and O–H groups in total. The molecule has 0 aliphatic rings. The van der Waals surface area contributed by atoms with Crippen LogP contribution in [0.5, 0.6) is 0 Å². The summed E-state index contributed by atoms with van der Waals surface area (Å²) in [6.07, 6.45) is 1.84. The van der Waals surface area contributed by atoms with Crippen LogP contribution in [0.25, 0.3) is 0 Å². The van der Waals surface area contributed by atoms with Gasteiger partial charge in [0, 0.05) is 16.9 Å². The molecule has 1 heterocycles. The van der Waals surface area contributed by atoms with Crippen LogP contribution >= 0.6 is 15.9 Å². The molecule has 2 rings (SSSR count). The summed E-state index contributed by atoms with van der Waals surface area (Å²) < 4.78 is 1.11. The minimum absolute atomic E-state index is 0.456. The van der Waals surface area contributed by atoms with Gasteiger partial charge >= 0.3 is 0 Å². The van der Waals surface area contributed by atoms with E-state index in [1.54, 1.807) is 7.05 Å². The minimum atomic E-state index is 0.456. The summed E-state index contributed by atoms with van der Waals surface area (Å²) >= 11 is 3.47. The number of nitrogens with one attached hydrogen (secondary N) is 1. The lowest BCUT2D eigenvalue weighted by Gasteiger charge is -2.18. The Kier molecular flexibility index (Phi) is 5.87. The van der Waals surface area contributed by atoms with Gasteiger partial charge in [0.05, 0.1) is 7.05 Å². The molecule has 0 aliphatic heterocycles. The van der Waals surface area contributed by atoms with E-state index in [1.165, 1.54) is 10.4 Å². The highest BCUT2D eigenvalue weighted by atomic mass is 79.9. The second kappa shape index (κ2) is 7.66. The van der Waals surface area contributed by atoms with Crippen LogP contribution in [-0.2, 0) is 19.9 Å². The van der Waals surface area contributed by atoms with Crippen LogP contribution in [0, 0.1) is 5.92 Å². The van der Waals surface area contributed by atoms with Crippen LogP contribution in [-0.4, -0.2) is 32.8 Å². The third-order valence-electron chi connectivity index (χ3n) is 3.27. The molecule has 21 heavy (non-hydrogen) atoms. The van der Waals surface area contributed by atoms with Gasteiger partial charge < -0.3 is 5.32 Å². The molecule has 0 saturated heterocycles. The van der Waals surface area contributed by atoms with Crippen molar-refractivity contribution >= 4 is 15.9 Å². The summed E-state index contributed by atoms with van der Waals surface area (Å²) in [5, 5.41) is 15.8. The predicted octanol–water partition coefficient (Wildman–Crippen LogP) is 2.37. The molecule has 1 aromatic carbocycles. The first-order valence-electron chi connectivity index (χ1n) is 7.23. The average Bonchev–Trinajstić information content (AvgIpc) is 2.84. The largest absolute Gasteiger partial charge is 0.314 e. The maximum atomic E-state index is 4.29. The molecule has 1 aromatic heterocycles. The van der Waals surface area contributed by atoms with Gasteiger partial charge in [0.15, 0.2) is 5.82 Å². The number of nitrogens with zero attached hydrogens (tertiary/aromatic N) is 4. The van der Waals surface area contributed by atoms with Gasteiger partial charge in [-0.15, -0.1) is 10.2 Å². The minimum Gasteiger partial charge on any atom is -0.314 e. The van der Waals surface area contributed by atoms with Crippen molar-refractivity contribution in [1.82, 2.24) is 25.5 Å². The van der Waals surface area contributed by atoms with Crippen molar-refractivity contribution in [1.29, 1.82) is 0 Å². The van der Waals surface area contributed by atoms with Crippen molar-refractivity contribution < 1.29 is 0 Å². The van der Waals surface area contributed by atoms with E-state index in [1.807, 2.05) is 0 Å². The Hall–Kier alpha value is -1.27. The molecular formula is C15H22BrN5. The van der Waals surface area contributed by atoms with Gasteiger partial charge in [-0.05, 0) is 41.8 Å². The normalized spacial score (nSPS) is 12.8. The third-order valence-corrected chi connectivity index (χ3v) is 3.80. The zero-order valence-electron chi connectivity index (χ0n) is 12.8. The molecule has 0 amide bonds. The Morgan fingerprint density at radius 3 is 2.48 bits per heavy atom. The molecule has 114 valence electrons. The summed E-state index contributed by atoms with van der Waals surface area (Å²) in [6.45, 7) is 5.28. The van der Waals surface area contributed by atoms with Crippen LogP contribution < -0.4 is 5.32 Å². The van der Waals surface area contributed by atoms with E-state index in [0.29, 0.717) is 12.0 Å². The average molecular weight is 352 g/mol. The van der Waals surface area contributed by atoms with E-state index in [9.17, 15) is 0 Å². The number of hydrogen-bond donors (Lipinski definition) is 1. The van der Waals surface area contributed by atoms with Crippen LogP contribution in [0.15, 0.2) is 28.7 Å². The summed E-state index contributed by atoms with van der Waals surface area (Å²) in [5.74, 6) is 1.27. The van der Waals surface area contributed by atoms with Crippen molar-refractivity contribution in [3.8, 4) is 0 Å². The molecule has 0 bridgehead atoms. The van der Waals surface area contributed by atoms with Crippen LogP contribution in [0.1, 0.15) is 25.2 Å². The van der Waals surface area contributed by atoms with E-state index >= 15 is 0 Å². The van der Waals surface area contributed by atoms with E-state index < -0.39 is 0 Å². The maximum absolute atomic E-state index is 4.29. The summed E-state index contributed by atoms with van der Waals surface area (Å²) in [4.78, 5) is 1.52. The lowest BCUT2D eigenvalue weighted by molar-refractivity contribution is 0.436. The topological polar surface area (TPSA) is 55.6 Å². The Bertz CT molecular complexity index is 549. The number of benzene rings is 1. The van der Waals surface area contributed by atoms with Gasteiger partial charge in [0.2, 0.25) is 0 Å². The second-order valence-electron chi connectivity index (χ2n) is 5.66. The Labute approximate surface area is 134 Å². The molecule has 0 aliphatic carbocycles. The molecule has 6 heteroatoms. The molecule has 0 radical (unpaired) electrons. The monoisotopic (exact) mass is 351 g/mol. The standard InChI is InChI=1S/C15H22BrN5/c1-11(2)17-10-13(9-15-18-20-21(3)19-15)8-12-4-6-14(16)7-5-12/h4-7,11,13,17H,8-10H2,1-3H3. The van der Waals surface area contributed by atoms with Crippen molar-refractivity contribution in [3.63, 3.8) is 0 Å². The summed E-state index contributed by atoms with van der Waals surface area (Å²) in [7, 11) is 1.80. The first kappa shape index (κ1) is 16.1. The van der Waals surface area contributed by atoms with Gasteiger partial charge in [0.1, 0.15) is 0 Å². The fourth-order valence-corrected chi connectivity index (χ4v) is 2.50. The number of hydrogen-bond acceptors (Lipinski definition) is 4. The number of aromatic nitrogens is 4. The van der Waals surface area contributed by atoms with Gasteiger partial charge in [0.25, 0.3) is 0 Å². The number of halogens is 1. The Balaban J connectivity index is 2.02. The first-order chi connectivity index (χ1) is 10.0. The molecule has 2 aromatic rings. The lowest BCUT2D eigenvalue weighted by Crippen LogP contribution is -2.31. The number of rotatable bonds is 7. The second-order valence-corrected chi connectivity index (χ2v) is 6.57. The van der Waals surface area contributed by atoms with Gasteiger partial charge in [-0.3, -0.25) is 0 Å². The Morgan fingerprint density at radius 2 is 1.90 bits per heavy atom. The zero-order valence-corrected chi connectivity index (χ0v) is 14.3. The number of tetrazole rings is 1. The highest BCUT2D eigenvalue weighted by molar-refractivity contribution is 9.10. The molecule has 0 spiro atoms. The quantitative estimate of drug-likeness (QED) is 0.831. The molecule has 0 saturated carbocycles. The molecule has 0 fully saturated rings. The van der Waals surface area contributed by atoms with E-state index in [-0.39, 0.29) is 0 Å². The maximum Gasteiger partial charge on any atom is 0.175 e. The van der Waals surface area contributed by atoms with Crippen LogP contribution in [0.4, 0.5) is 0 Å². The van der Waals surface area contributed by atoms with Crippen molar-refractivity contribution in [2.24, 2.45) is 13.0 Å². The van der Waals surface area contributed by atoms with E-state index in [2.05, 4.69) is 74.8 Å². The SMILES string of the molecule is CC(C)NCC(Cc1ccc(Br)cc1)Cc1nnn(C)n1. The fraction of sp³-hybridized carbons (Fsp3) is 0.533. The summed E-state index contributed by atoms with van der Waals surface area (Å²) in [5.41, 5.74) is 1.33. The highest BCUT2D eigenvalue weighted by Gasteiger charge is 2.14. The lowest BCUT2D eigenvalue weighted by atomic mass is 9.95.